The molecule has 0 saturated heterocycles. The molecule has 0 N–H and O–H groups in total. The summed E-state index contributed by atoms with van der Waals surface area (Å²) in [4.78, 5) is 20.2. The molecule has 12 rings (SSSR count). The molecule has 57 heavy (non-hydrogen) atoms. The van der Waals surface area contributed by atoms with E-state index in [2.05, 4.69) is 114 Å². The number of oxazole rings is 1. The summed E-state index contributed by atoms with van der Waals surface area (Å²) in [5.41, 5.74) is 8.73. The monoisotopic (exact) mass is 747 g/mol. The first-order valence-electron chi connectivity index (χ1n) is 18.9. The van der Waals surface area contributed by atoms with Crippen molar-refractivity contribution in [3.63, 3.8) is 0 Å². The lowest BCUT2D eigenvalue weighted by atomic mass is 10.0. The van der Waals surface area contributed by atoms with E-state index in [1.807, 2.05) is 66.7 Å². The van der Waals surface area contributed by atoms with Gasteiger partial charge in [-0.2, -0.15) is 0 Å². The molecule has 8 aromatic carbocycles. The van der Waals surface area contributed by atoms with Gasteiger partial charge >= 0.3 is 0 Å². The maximum atomic E-state index is 6.54. The first kappa shape index (κ1) is 31.8. The Labute approximate surface area is 330 Å². The highest BCUT2D eigenvalue weighted by Gasteiger charge is 2.19. The fraction of sp³-hybridized carbons (Fsp3) is 0. The molecule has 4 heterocycles. The molecule has 6 nitrogen and oxygen atoms in total. The zero-order chi connectivity index (χ0) is 37.5. The normalized spacial score (nSPS) is 11.9. The number of aromatic nitrogens is 5. The van der Waals surface area contributed by atoms with Crippen LogP contribution in [0.1, 0.15) is 0 Å². The third-order valence-electron chi connectivity index (χ3n) is 10.9. The van der Waals surface area contributed by atoms with E-state index in [-0.39, 0.29) is 0 Å². The molecule has 0 unspecified atom stereocenters. The molecule has 12 aromatic rings. The molecule has 7 heteroatoms. The Morgan fingerprint density at radius 1 is 0.421 bits per heavy atom. The maximum absolute atomic E-state index is 6.54. The van der Waals surface area contributed by atoms with E-state index in [1.54, 1.807) is 11.3 Å². The fourth-order valence-electron chi connectivity index (χ4n) is 8.24. The molecule has 0 aliphatic heterocycles. The van der Waals surface area contributed by atoms with Crippen molar-refractivity contribution in [2.45, 2.75) is 0 Å². The highest BCUT2D eigenvalue weighted by atomic mass is 32.1. The Kier molecular flexibility index (Phi) is 7.00. The van der Waals surface area contributed by atoms with Crippen molar-refractivity contribution in [3.05, 3.63) is 176 Å². The summed E-state index contributed by atoms with van der Waals surface area (Å²) in [5.74, 6) is 2.49. The van der Waals surface area contributed by atoms with Gasteiger partial charge in [0.2, 0.25) is 5.89 Å². The van der Waals surface area contributed by atoms with Crippen LogP contribution in [0.15, 0.2) is 180 Å². The third-order valence-corrected chi connectivity index (χ3v) is 12.0. The van der Waals surface area contributed by atoms with Gasteiger partial charge in [0.15, 0.2) is 23.1 Å². The van der Waals surface area contributed by atoms with Crippen molar-refractivity contribution in [1.29, 1.82) is 0 Å². The Bertz CT molecular complexity index is 3480. The largest absolute Gasteiger partial charge is 0.435 e. The Morgan fingerprint density at radius 3 is 1.77 bits per heavy atom. The molecule has 0 atom stereocenters. The van der Waals surface area contributed by atoms with Crippen LogP contribution in [-0.4, -0.2) is 24.5 Å². The molecule has 0 aliphatic rings. The highest BCUT2D eigenvalue weighted by molar-refractivity contribution is 7.26. The van der Waals surface area contributed by atoms with Gasteiger partial charge in [-0.15, -0.1) is 11.3 Å². The maximum Gasteiger partial charge on any atom is 0.227 e. The zero-order valence-corrected chi connectivity index (χ0v) is 31.1. The van der Waals surface area contributed by atoms with E-state index in [9.17, 15) is 0 Å². The van der Waals surface area contributed by atoms with Crippen LogP contribution in [0, 0.1) is 0 Å². The first-order chi connectivity index (χ1) is 28.2. The number of nitrogens with zero attached hydrogens (tertiary/aromatic N) is 5. The van der Waals surface area contributed by atoms with Crippen LogP contribution in [0.25, 0.3) is 115 Å². The molecule has 0 bridgehead atoms. The third kappa shape index (κ3) is 5.10. The molecule has 0 spiro atoms. The van der Waals surface area contributed by atoms with Crippen LogP contribution in [0.4, 0.5) is 0 Å². The molecule has 0 amide bonds. The molecular formula is C50H29N5OS. The Morgan fingerprint density at radius 2 is 1.04 bits per heavy atom. The summed E-state index contributed by atoms with van der Waals surface area (Å²) in [5, 5.41) is 6.97. The minimum Gasteiger partial charge on any atom is -0.435 e. The van der Waals surface area contributed by atoms with Gasteiger partial charge < -0.3 is 8.98 Å². The van der Waals surface area contributed by atoms with Gasteiger partial charge in [0.05, 0.1) is 11.0 Å². The molecule has 0 saturated carbocycles. The van der Waals surface area contributed by atoms with E-state index in [0.29, 0.717) is 23.4 Å². The Hall–Kier alpha value is -7.48. The van der Waals surface area contributed by atoms with Crippen molar-refractivity contribution in [2.24, 2.45) is 0 Å². The standard InChI is InChI=1S/C50H29N5OS/c1-3-12-31(13-4-1)47-52-48(33-16-11-17-35(28-33)55-40-20-9-7-18-36(40)37-19-8-10-21-41(37)55)54-49(53-47)34-22-25-38-43(29-34)57-42-27-24-30-23-26-39-46(44(30)45(38)42)56-50(51-39)32-14-5-2-6-15-32/h1-29H. The van der Waals surface area contributed by atoms with Gasteiger partial charge in [-0.05, 0) is 60.0 Å². The number of hydrogen-bond acceptors (Lipinski definition) is 6. The zero-order valence-electron chi connectivity index (χ0n) is 30.3. The molecule has 4 aromatic heterocycles. The van der Waals surface area contributed by atoms with Crippen LogP contribution < -0.4 is 0 Å². The van der Waals surface area contributed by atoms with Gasteiger partial charge in [0.1, 0.15) is 5.52 Å². The lowest BCUT2D eigenvalue weighted by Gasteiger charge is -2.11. The molecule has 0 radical (unpaired) electrons. The second-order valence-corrected chi connectivity index (χ2v) is 15.3. The summed E-state index contributed by atoms with van der Waals surface area (Å²) >= 11 is 1.76. The summed E-state index contributed by atoms with van der Waals surface area (Å²) in [7, 11) is 0. The van der Waals surface area contributed by atoms with Crippen LogP contribution in [-0.2, 0) is 0 Å². The van der Waals surface area contributed by atoms with Crippen LogP contribution in [0.2, 0.25) is 0 Å². The predicted octanol–water partition coefficient (Wildman–Crippen LogP) is 13.3. The molecule has 0 fully saturated rings. The first-order valence-corrected chi connectivity index (χ1v) is 19.7. The minimum atomic E-state index is 0.617. The quantitative estimate of drug-likeness (QED) is 0.175. The lowest BCUT2D eigenvalue weighted by Crippen LogP contribution is -2.01. The molecule has 266 valence electrons. The Balaban J connectivity index is 1.02. The second kappa shape index (κ2) is 12.5. The number of para-hydroxylation sites is 2. The van der Waals surface area contributed by atoms with E-state index in [0.717, 1.165) is 70.9 Å². The van der Waals surface area contributed by atoms with Crippen molar-refractivity contribution in [2.75, 3.05) is 0 Å². The van der Waals surface area contributed by atoms with Crippen LogP contribution >= 0.6 is 11.3 Å². The van der Waals surface area contributed by atoms with E-state index in [1.165, 1.54) is 20.9 Å². The predicted molar refractivity (Wildman–Crippen MR) is 234 cm³/mol. The summed E-state index contributed by atoms with van der Waals surface area (Å²) in [6.07, 6.45) is 0. The van der Waals surface area contributed by atoms with Gasteiger partial charge in [-0.25, -0.2) is 19.9 Å². The van der Waals surface area contributed by atoms with Crippen molar-refractivity contribution in [1.82, 2.24) is 24.5 Å². The fourth-order valence-corrected chi connectivity index (χ4v) is 9.39. The van der Waals surface area contributed by atoms with Crippen molar-refractivity contribution < 1.29 is 4.42 Å². The highest BCUT2D eigenvalue weighted by Crippen LogP contribution is 2.43. The average molecular weight is 748 g/mol. The van der Waals surface area contributed by atoms with Crippen molar-refractivity contribution in [3.8, 4) is 51.3 Å². The van der Waals surface area contributed by atoms with Crippen LogP contribution in [0.3, 0.4) is 0 Å². The number of fused-ring (bicyclic) bond motifs is 10. The number of hydrogen-bond donors (Lipinski definition) is 0. The smallest absolute Gasteiger partial charge is 0.227 e. The van der Waals surface area contributed by atoms with Gasteiger partial charge in [-0.1, -0.05) is 121 Å². The molecule has 0 aliphatic carbocycles. The van der Waals surface area contributed by atoms with Crippen molar-refractivity contribution >= 4 is 75.2 Å². The average Bonchev–Trinajstić information content (AvgIpc) is 3.99. The summed E-state index contributed by atoms with van der Waals surface area (Å²) in [6.45, 7) is 0. The van der Waals surface area contributed by atoms with Gasteiger partial charge in [0, 0.05) is 64.3 Å². The SMILES string of the molecule is c1ccc(-c2nc(-c3cccc(-n4c5ccccc5c5ccccc54)c3)nc(-c3ccc4c(c3)sc3ccc5ccc6nc(-c7ccccc7)oc6c5c34)n2)cc1. The summed E-state index contributed by atoms with van der Waals surface area (Å²) < 4.78 is 11.2. The minimum absolute atomic E-state index is 0.617. The van der Waals surface area contributed by atoms with E-state index >= 15 is 0 Å². The van der Waals surface area contributed by atoms with Gasteiger partial charge in [0.25, 0.3) is 0 Å². The van der Waals surface area contributed by atoms with Crippen LogP contribution in [0.5, 0.6) is 0 Å². The molecular weight excluding hydrogens is 719 g/mol. The van der Waals surface area contributed by atoms with E-state index < -0.39 is 0 Å². The number of benzene rings is 8. The van der Waals surface area contributed by atoms with E-state index in [4.69, 9.17) is 24.4 Å². The number of rotatable bonds is 5. The topological polar surface area (TPSA) is 69.6 Å². The summed E-state index contributed by atoms with van der Waals surface area (Å²) in [6, 6.07) is 61.0. The lowest BCUT2D eigenvalue weighted by molar-refractivity contribution is 0.623. The number of thiophene rings is 1. The van der Waals surface area contributed by atoms with Gasteiger partial charge in [-0.3, -0.25) is 0 Å². The second-order valence-electron chi connectivity index (χ2n) is 14.2.